The minimum Gasteiger partial charge on any atom is -0.471 e. The highest BCUT2D eigenvalue weighted by molar-refractivity contribution is 5.36. The maximum absolute atomic E-state index is 8.95. The topological polar surface area (TPSA) is 26.3 Å². The molecule has 0 aliphatic rings. The lowest BCUT2D eigenvalue weighted by molar-refractivity contribution is -0.126. The van der Waals surface area contributed by atoms with Gasteiger partial charge in [-0.15, -0.1) is 0 Å². The molecule has 0 fully saturated rings. The van der Waals surface area contributed by atoms with E-state index in [1.165, 1.54) is 26.4 Å². The van der Waals surface area contributed by atoms with E-state index in [-0.39, 0.29) is 0 Å². The van der Waals surface area contributed by atoms with Crippen LogP contribution in [0.4, 0.5) is 0 Å². The molecule has 0 unspecified atom stereocenters. The van der Waals surface area contributed by atoms with E-state index >= 15 is 0 Å². The van der Waals surface area contributed by atoms with Crippen molar-refractivity contribution >= 4 is 6.47 Å². The van der Waals surface area contributed by atoms with Gasteiger partial charge in [0.1, 0.15) is 0 Å². The number of rotatable bonds is 3. The zero-order valence-electron chi connectivity index (χ0n) is 6.52. The Bertz CT molecular complexity index is 42.2. The largest absolute Gasteiger partial charge is 0.471 e. The highest BCUT2D eigenvalue weighted by atomic mass is 16.5. The van der Waals surface area contributed by atoms with Gasteiger partial charge in [-0.1, -0.05) is 33.1 Å². The van der Waals surface area contributed by atoms with E-state index < -0.39 is 0 Å². The molecule has 0 aromatic heterocycles. The molecule has 0 heterocycles. The van der Waals surface area contributed by atoms with Crippen molar-refractivity contribution in [3.05, 3.63) is 0 Å². The Hall–Kier alpha value is -0.530. The molecular formula is C7H16O2. The highest BCUT2D eigenvalue weighted by Gasteiger charge is 1.68. The first-order valence-electron chi connectivity index (χ1n) is 3.29. The van der Waals surface area contributed by atoms with E-state index in [4.69, 9.17) is 4.79 Å². The Labute approximate surface area is 57.2 Å². The van der Waals surface area contributed by atoms with Gasteiger partial charge in [-0.2, -0.15) is 0 Å². The fourth-order valence-electron chi connectivity index (χ4n) is 0.354. The number of unbranched alkanes of at least 4 members (excludes halogenated alkanes) is 2. The number of hydrogen-bond acceptors (Lipinski definition) is 2. The molecule has 0 N–H and O–H groups in total. The lowest BCUT2D eigenvalue weighted by atomic mass is 10.3. The summed E-state index contributed by atoms with van der Waals surface area (Å²) >= 11 is 0. The lowest BCUT2D eigenvalue weighted by Gasteiger charge is -1.79. The lowest BCUT2D eigenvalue weighted by Crippen LogP contribution is -1.68. The van der Waals surface area contributed by atoms with E-state index in [0.717, 1.165) is 0 Å². The van der Waals surface area contributed by atoms with E-state index in [1.54, 1.807) is 0 Å². The van der Waals surface area contributed by atoms with Crippen LogP contribution in [0.3, 0.4) is 0 Å². The van der Waals surface area contributed by atoms with E-state index in [2.05, 4.69) is 18.6 Å². The molecule has 9 heavy (non-hydrogen) atoms. The molecule has 0 spiro atoms. The van der Waals surface area contributed by atoms with Crippen LogP contribution < -0.4 is 0 Å². The van der Waals surface area contributed by atoms with Crippen LogP contribution in [0, 0.1) is 0 Å². The summed E-state index contributed by atoms with van der Waals surface area (Å²) in [6.45, 7) is 4.80. The van der Waals surface area contributed by atoms with Crippen molar-refractivity contribution in [2.75, 3.05) is 7.11 Å². The monoisotopic (exact) mass is 132 g/mol. The number of carbonyl (C=O) groups is 1. The van der Waals surface area contributed by atoms with Crippen molar-refractivity contribution < 1.29 is 9.53 Å². The minimum absolute atomic E-state index is 0.375. The third-order valence-corrected chi connectivity index (χ3v) is 0.803. The van der Waals surface area contributed by atoms with Gasteiger partial charge in [0.15, 0.2) is 0 Å². The molecular weight excluding hydrogens is 116 g/mol. The summed E-state index contributed by atoms with van der Waals surface area (Å²) in [6, 6.07) is 0. The first-order valence-corrected chi connectivity index (χ1v) is 3.29. The quantitative estimate of drug-likeness (QED) is 0.549. The summed E-state index contributed by atoms with van der Waals surface area (Å²) in [5, 5.41) is 0. The van der Waals surface area contributed by atoms with Gasteiger partial charge in [-0.25, -0.2) is 0 Å². The van der Waals surface area contributed by atoms with Crippen LogP contribution in [0.2, 0.25) is 0 Å². The summed E-state index contributed by atoms with van der Waals surface area (Å²) in [4.78, 5) is 8.95. The first kappa shape index (κ1) is 11.3. The Kier molecular flexibility index (Phi) is 19.6. The SMILES string of the molecule is CCCCC.COC=O. The number of carbonyl (C=O) groups excluding carboxylic acids is 1. The number of hydrogen-bond donors (Lipinski definition) is 0. The van der Waals surface area contributed by atoms with Crippen molar-refractivity contribution in [1.29, 1.82) is 0 Å². The zero-order valence-corrected chi connectivity index (χ0v) is 6.52. The fraction of sp³-hybridized carbons (Fsp3) is 0.857. The molecule has 0 saturated carbocycles. The van der Waals surface area contributed by atoms with Crippen LogP contribution in [0.1, 0.15) is 33.1 Å². The Morgan fingerprint density at radius 1 is 1.33 bits per heavy atom. The molecule has 0 radical (unpaired) electrons. The number of methoxy groups -OCH3 is 1. The summed E-state index contributed by atoms with van der Waals surface area (Å²) in [7, 11) is 1.31. The van der Waals surface area contributed by atoms with Crippen molar-refractivity contribution in [1.82, 2.24) is 0 Å². The number of ether oxygens (including phenoxy) is 1. The third-order valence-electron chi connectivity index (χ3n) is 0.803. The predicted octanol–water partition coefficient (Wildman–Crippen LogP) is 1.99. The van der Waals surface area contributed by atoms with Crippen LogP contribution >= 0.6 is 0 Å². The molecule has 0 amide bonds. The summed E-state index contributed by atoms with van der Waals surface area (Å²) in [6.07, 6.45) is 4.08. The molecule has 0 aromatic carbocycles. The Morgan fingerprint density at radius 2 is 1.67 bits per heavy atom. The van der Waals surface area contributed by atoms with Gasteiger partial charge in [-0.3, -0.25) is 4.79 Å². The standard InChI is InChI=1S/C5H12.C2H4O2/c1-3-5-4-2;1-4-2-3/h3-5H2,1-2H3;2H,1H3. The van der Waals surface area contributed by atoms with E-state index in [0.29, 0.717) is 6.47 Å². The van der Waals surface area contributed by atoms with Crippen LogP contribution in [-0.2, 0) is 9.53 Å². The molecule has 2 nitrogen and oxygen atoms in total. The maximum atomic E-state index is 8.95. The molecule has 0 bridgehead atoms. The van der Waals surface area contributed by atoms with Gasteiger partial charge in [0.05, 0.1) is 7.11 Å². The van der Waals surface area contributed by atoms with Crippen molar-refractivity contribution in [2.45, 2.75) is 33.1 Å². The predicted molar refractivity (Wildman–Crippen MR) is 38.3 cm³/mol. The normalized spacial score (nSPS) is 7.00. The van der Waals surface area contributed by atoms with Gasteiger partial charge in [-0.05, 0) is 0 Å². The van der Waals surface area contributed by atoms with Gasteiger partial charge in [0.25, 0.3) is 6.47 Å². The van der Waals surface area contributed by atoms with Crippen LogP contribution in [0.5, 0.6) is 0 Å². The van der Waals surface area contributed by atoms with Crippen LogP contribution in [0.25, 0.3) is 0 Å². The van der Waals surface area contributed by atoms with Crippen molar-refractivity contribution in [3.8, 4) is 0 Å². The Morgan fingerprint density at radius 3 is 1.67 bits per heavy atom. The van der Waals surface area contributed by atoms with Crippen LogP contribution in [0.15, 0.2) is 0 Å². The maximum Gasteiger partial charge on any atom is 0.292 e. The second-order valence-electron chi connectivity index (χ2n) is 1.69. The van der Waals surface area contributed by atoms with Gasteiger partial charge >= 0.3 is 0 Å². The minimum atomic E-state index is 0.375. The van der Waals surface area contributed by atoms with Crippen LogP contribution in [-0.4, -0.2) is 13.6 Å². The fourth-order valence-corrected chi connectivity index (χ4v) is 0.354. The molecule has 0 rings (SSSR count). The molecule has 0 aliphatic heterocycles. The smallest absolute Gasteiger partial charge is 0.292 e. The van der Waals surface area contributed by atoms with Gasteiger partial charge in [0, 0.05) is 0 Å². The highest BCUT2D eigenvalue weighted by Crippen LogP contribution is 1.88. The molecule has 56 valence electrons. The van der Waals surface area contributed by atoms with E-state index in [9.17, 15) is 0 Å². The molecule has 0 atom stereocenters. The summed E-state index contributed by atoms with van der Waals surface area (Å²) in [5.74, 6) is 0. The second-order valence-corrected chi connectivity index (χ2v) is 1.69. The molecule has 2 heteroatoms. The van der Waals surface area contributed by atoms with E-state index in [1.807, 2.05) is 0 Å². The van der Waals surface area contributed by atoms with Gasteiger partial charge in [0.2, 0.25) is 0 Å². The summed E-state index contributed by atoms with van der Waals surface area (Å²) < 4.78 is 3.86. The average molecular weight is 132 g/mol. The summed E-state index contributed by atoms with van der Waals surface area (Å²) in [5.41, 5.74) is 0. The first-order chi connectivity index (χ1) is 4.33. The Balaban J connectivity index is 0. The molecule has 0 saturated heterocycles. The zero-order chi connectivity index (χ0) is 7.54. The van der Waals surface area contributed by atoms with Gasteiger partial charge < -0.3 is 4.74 Å². The molecule has 0 aliphatic carbocycles. The average Bonchev–Trinajstić information content (AvgIpc) is 1.91. The van der Waals surface area contributed by atoms with Crippen molar-refractivity contribution in [2.24, 2.45) is 0 Å². The van der Waals surface area contributed by atoms with Crippen molar-refractivity contribution in [3.63, 3.8) is 0 Å². The third kappa shape index (κ3) is 36.6. The second kappa shape index (κ2) is 15.6. The molecule has 0 aromatic rings.